The summed E-state index contributed by atoms with van der Waals surface area (Å²) >= 11 is 0. The quantitative estimate of drug-likeness (QED) is 0.641. The first-order chi connectivity index (χ1) is 13.8. The number of fused-ring (bicyclic) bond motifs is 1. The fourth-order valence-electron chi connectivity index (χ4n) is 3.45. The molecule has 0 aliphatic heterocycles. The molecule has 154 valence electrons. The van der Waals surface area contributed by atoms with E-state index in [1.54, 1.807) is 57.4 Å². The topological polar surface area (TPSA) is 77.4 Å². The van der Waals surface area contributed by atoms with Crippen LogP contribution < -0.4 is 10.1 Å². The molecule has 6 nitrogen and oxygen atoms in total. The van der Waals surface area contributed by atoms with Crippen molar-refractivity contribution in [2.45, 2.75) is 38.5 Å². The SMILES string of the molecule is CCC(=O)NCCc1c(C)n(S(=O)(=O)c2ccc(C)cc2)c2ccc(OC)cc12. The Kier molecular flexibility index (Phi) is 5.98. The second-order valence-corrected chi connectivity index (χ2v) is 8.77. The Morgan fingerprint density at radius 3 is 2.41 bits per heavy atom. The molecule has 0 aliphatic carbocycles. The Balaban J connectivity index is 2.15. The van der Waals surface area contributed by atoms with Gasteiger partial charge in [-0.15, -0.1) is 0 Å². The van der Waals surface area contributed by atoms with Crippen LogP contribution in [-0.2, 0) is 21.2 Å². The summed E-state index contributed by atoms with van der Waals surface area (Å²) in [6.07, 6.45) is 0.939. The van der Waals surface area contributed by atoms with Crippen molar-refractivity contribution in [1.29, 1.82) is 0 Å². The van der Waals surface area contributed by atoms with Crippen LogP contribution in [0.1, 0.15) is 30.2 Å². The fourth-order valence-corrected chi connectivity index (χ4v) is 5.03. The molecule has 0 bridgehead atoms. The number of aryl methyl sites for hydroxylation is 1. The van der Waals surface area contributed by atoms with Crippen molar-refractivity contribution in [3.05, 3.63) is 59.3 Å². The molecule has 29 heavy (non-hydrogen) atoms. The lowest BCUT2D eigenvalue weighted by molar-refractivity contribution is -0.120. The van der Waals surface area contributed by atoms with Crippen molar-refractivity contribution in [1.82, 2.24) is 9.29 Å². The molecule has 2 aromatic carbocycles. The van der Waals surface area contributed by atoms with Crippen LogP contribution in [0.25, 0.3) is 10.9 Å². The average molecular weight is 415 g/mol. The Morgan fingerprint density at radius 1 is 1.10 bits per heavy atom. The van der Waals surface area contributed by atoms with Crippen LogP contribution >= 0.6 is 0 Å². The van der Waals surface area contributed by atoms with Gasteiger partial charge >= 0.3 is 0 Å². The van der Waals surface area contributed by atoms with E-state index in [4.69, 9.17) is 4.74 Å². The number of aromatic nitrogens is 1. The first-order valence-electron chi connectivity index (χ1n) is 9.56. The maximum absolute atomic E-state index is 13.4. The lowest BCUT2D eigenvalue weighted by atomic mass is 10.1. The third-order valence-corrected chi connectivity index (χ3v) is 6.89. The van der Waals surface area contributed by atoms with Gasteiger partial charge in [-0.3, -0.25) is 4.79 Å². The third kappa shape index (κ3) is 4.00. The van der Waals surface area contributed by atoms with E-state index in [0.29, 0.717) is 36.3 Å². The van der Waals surface area contributed by atoms with Crippen LogP contribution in [0.15, 0.2) is 47.4 Å². The van der Waals surface area contributed by atoms with Crippen molar-refractivity contribution in [3.8, 4) is 5.75 Å². The van der Waals surface area contributed by atoms with E-state index < -0.39 is 10.0 Å². The highest BCUT2D eigenvalue weighted by atomic mass is 32.2. The second kappa shape index (κ2) is 8.29. The van der Waals surface area contributed by atoms with E-state index in [0.717, 1.165) is 16.5 Å². The van der Waals surface area contributed by atoms with E-state index in [9.17, 15) is 13.2 Å². The molecule has 0 unspecified atom stereocenters. The molecule has 3 aromatic rings. The number of benzene rings is 2. The molecule has 0 saturated carbocycles. The van der Waals surface area contributed by atoms with Crippen LogP contribution in [0, 0.1) is 13.8 Å². The Bertz CT molecular complexity index is 1150. The van der Waals surface area contributed by atoms with Crippen molar-refractivity contribution >= 4 is 26.8 Å². The van der Waals surface area contributed by atoms with Gasteiger partial charge in [0.15, 0.2) is 0 Å². The van der Waals surface area contributed by atoms with Crippen molar-refractivity contribution in [2.75, 3.05) is 13.7 Å². The van der Waals surface area contributed by atoms with Crippen molar-refractivity contribution in [2.24, 2.45) is 0 Å². The molecule has 1 aromatic heterocycles. The predicted molar refractivity (Wildman–Crippen MR) is 114 cm³/mol. The molecular weight excluding hydrogens is 388 g/mol. The summed E-state index contributed by atoms with van der Waals surface area (Å²) < 4.78 is 33.6. The number of carbonyl (C=O) groups is 1. The van der Waals surface area contributed by atoms with Gasteiger partial charge < -0.3 is 10.1 Å². The largest absolute Gasteiger partial charge is 0.497 e. The molecular formula is C22H26N2O4S. The Labute approximate surface area is 171 Å². The predicted octanol–water partition coefficient (Wildman–Crippen LogP) is 3.57. The minimum absolute atomic E-state index is 0.0313. The molecule has 1 heterocycles. The molecule has 0 fully saturated rings. The summed E-state index contributed by atoms with van der Waals surface area (Å²) in [4.78, 5) is 11.8. The Morgan fingerprint density at radius 2 is 1.79 bits per heavy atom. The molecule has 7 heteroatoms. The number of rotatable bonds is 7. The Hall–Kier alpha value is -2.80. The van der Waals surface area contributed by atoms with Gasteiger partial charge in [0.2, 0.25) is 5.91 Å². The summed E-state index contributed by atoms with van der Waals surface area (Å²) in [6, 6.07) is 12.2. The number of nitrogens with zero attached hydrogens (tertiary/aromatic N) is 1. The first-order valence-corrected chi connectivity index (χ1v) is 11.0. The monoisotopic (exact) mass is 414 g/mol. The van der Waals surface area contributed by atoms with Gasteiger partial charge in [0.25, 0.3) is 10.0 Å². The van der Waals surface area contributed by atoms with E-state index in [-0.39, 0.29) is 10.8 Å². The fraction of sp³-hybridized carbons (Fsp3) is 0.318. The van der Waals surface area contributed by atoms with Crippen LogP contribution in [0.5, 0.6) is 5.75 Å². The van der Waals surface area contributed by atoms with Gasteiger partial charge in [0, 0.05) is 24.0 Å². The molecule has 0 spiro atoms. The van der Waals surface area contributed by atoms with Crippen LogP contribution in [-0.4, -0.2) is 32.0 Å². The van der Waals surface area contributed by atoms with Gasteiger partial charge in [-0.1, -0.05) is 24.6 Å². The molecule has 1 amide bonds. The molecule has 3 rings (SSSR count). The summed E-state index contributed by atoms with van der Waals surface area (Å²) in [6.45, 7) is 5.96. The molecule has 1 N–H and O–H groups in total. The standard InChI is InChI=1S/C22H26N2O4S/c1-5-22(25)23-13-12-19-16(3)24(21-11-8-17(28-4)14-20(19)21)29(26,27)18-9-6-15(2)7-10-18/h6-11,14H,5,12-13H2,1-4H3,(H,23,25). The third-order valence-electron chi connectivity index (χ3n) is 5.07. The van der Waals surface area contributed by atoms with E-state index in [1.165, 1.54) is 3.97 Å². The lowest BCUT2D eigenvalue weighted by Gasteiger charge is -2.11. The number of amides is 1. The first kappa shape index (κ1) is 20.9. The van der Waals surface area contributed by atoms with Gasteiger partial charge in [-0.25, -0.2) is 12.4 Å². The van der Waals surface area contributed by atoms with Crippen LogP contribution in [0.4, 0.5) is 0 Å². The molecule has 0 aliphatic rings. The number of carbonyl (C=O) groups excluding carboxylic acids is 1. The average Bonchev–Trinajstić information content (AvgIpc) is 2.99. The number of hydrogen-bond donors (Lipinski definition) is 1. The smallest absolute Gasteiger partial charge is 0.268 e. The van der Waals surface area contributed by atoms with Gasteiger partial charge in [0.05, 0.1) is 17.5 Å². The van der Waals surface area contributed by atoms with Gasteiger partial charge in [-0.2, -0.15) is 0 Å². The van der Waals surface area contributed by atoms with Crippen LogP contribution in [0.3, 0.4) is 0 Å². The maximum Gasteiger partial charge on any atom is 0.268 e. The van der Waals surface area contributed by atoms with Crippen LogP contribution in [0.2, 0.25) is 0 Å². The van der Waals surface area contributed by atoms with Crippen molar-refractivity contribution in [3.63, 3.8) is 0 Å². The lowest BCUT2D eigenvalue weighted by Crippen LogP contribution is -2.24. The number of nitrogens with one attached hydrogen (secondary N) is 1. The zero-order chi connectivity index (χ0) is 21.2. The highest BCUT2D eigenvalue weighted by Gasteiger charge is 2.25. The molecule has 0 atom stereocenters. The minimum atomic E-state index is -3.77. The highest BCUT2D eigenvalue weighted by molar-refractivity contribution is 7.90. The second-order valence-electron chi connectivity index (χ2n) is 6.98. The highest BCUT2D eigenvalue weighted by Crippen LogP contribution is 2.32. The van der Waals surface area contributed by atoms with Crippen molar-refractivity contribution < 1.29 is 17.9 Å². The van der Waals surface area contributed by atoms with Gasteiger partial charge in [-0.05, 0) is 56.2 Å². The summed E-state index contributed by atoms with van der Waals surface area (Å²) in [7, 11) is -2.19. The van der Waals surface area contributed by atoms with E-state index in [2.05, 4.69) is 5.32 Å². The number of hydrogen-bond acceptors (Lipinski definition) is 4. The molecule has 0 radical (unpaired) electrons. The maximum atomic E-state index is 13.4. The van der Waals surface area contributed by atoms with Gasteiger partial charge in [0.1, 0.15) is 5.75 Å². The van der Waals surface area contributed by atoms with E-state index >= 15 is 0 Å². The zero-order valence-corrected chi connectivity index (χ0v) is 18.0. The summed E-state index contributed by atoms with van der Waals surface area (Å²) in [5.41, 5.74) is 3.11. The molecule has 0 saturated heterocycles. The normalized spacial score (nSPS) is 11.6. The summed E-state index contributed by atoms with van der Waals surface area (Å²) in [5.74, 6) is 0.623. The van der Waals surface area contributed by atoms with E-state index in [1.807, 2.05) is 13.0 Å². The number of methoxy groups -OCH3 is 1. The minimum Gasteiger partial charge on any atom is -0.497 e. The summed E-state index contributed by atoms with van der Waals surface area (Å²) in [5, 5.41) is 3.67. The number of ether oxygens (including phenoxy) is 1. The zero-order valence-electron chi connectivity index (χ0n) is 17.2.